The lowest BCUT2D eigenvalue weighted by molar-refractivity contribution is 0.0823. The Kier molecular flexibility index (Phi) is 3.23. The lowest BCUT2D eigenvalue weighted by Gasteiger charge is -2.06. The molecule has 0 fully saturated rings. The molecule has 0 saturated carbocycles. The summed E-state index contributed by atoms with van der Waals surface area (Å²) in [6.45, 7) is 6.03. The second kappa shape index (κ2) is 4.21. The molecule has 65 valence electrons. The van der Waals surface area contributed by atoms with Gasteiger partial charge in [0.25, 0.3) is 0 Å². The van der Waals surface area contributed by atoms with Crippen molar-refractivity contribution in [3.05, 3.63) is 42.6 Å². The largest absolute Gasteiger partial charge is 0.374 e. The molecule has 0 heterocycles. The van der Waals surface area contributed by atoms with Gasteiger partial charge in [-0.1, -0.05) is 12.1 Å². The van der Waals surface area contributed by atoms with E-state index in [0.29, 0.717) is 6.61 Å². The molecule has 1 nitrogen and oxygen atoms in total. The van der Waals surface area contributed by atoms with E-state index < -0.39 is 0 Å². The highest BCUT2D eigenvalue weighted by Crippen LogP contribution is 2.05. The topological polar surface area (TPSA) is 9.23 Å². The van der Waals surface area contributed by atoms with Crippen LogP contribution in [0.1, 0.15) is 12.5 Å². The van der Waals surface area contributed by atoms with Gasteiger partial charge in [-0.15, -0.1) is 0 Å². The summed E-state index contributed by atoms with van der Waals surface area (Å²) in [6, 6.07) is 6.26. The van der Waals surface area contributed by atoms with E-state index in [4.69, 9.17) is 4.74 Å². The van der Waals surface area contributed by atoms with Crippen LogP contribution in [0.25, 0.3) is 0 Å². The fourth-order valence-corrected chi connectivity index (χ4v) is 0.819. The average molecular weight is 167 g/mol. The Morgan fingerprint density at radius 1 is 1.42 bits per heavy atom. The molecule has 2 heteroatoms. The van der Waals surface area contributed by atoms with E-state index in [-0.39, 0.29) is 11.9 Å². The monoisotopic (exact) mass is 167 g/mol. The molecule has 0 aliphatic heterocycles. The minimum absolute atomic E-state index is 0.0324. The van der Waals surface area contributed by atoms with Gasteiger partial charge >= 0.3 is 0 Å². The SMILES string of the molecule is [CH2]C(C)OCc1ccc(F)cc1. The maximum absolute atomic E-state index is 12.4. The molecule has 0 N–H and O–H groups in total. The number of rotatable bonds is 3. The average Bonchev–Trinajstić information content (AvgIpc) is 2.03. The molecule has 1 rings (SSSR count). The summed E-state index contributed by atoms with van der Waals surface area (Å²) in [4.78, 5) is 0. The summed E-state index contributed by atoms with van der Waals surface area (Å²) < 4.78 is 17.7. The Balaban J connectivity index is 2.48. The van der Waals surface area contributed by atoms with Crippen molar-refractivity contribution in [2.45, 2.75) is 19.6 Å². The Hall–Kier alpha value is -0.890. The van der Waals surface area contributed by atoms with Crippen LogP contribution in [0.2, 0.25) is 0 Å². The first-order valence-electron chi connectivity index (χ1n) is 3.87. The number of ether oxygens (including phenoxy) is 1. The van der Waals surface area contributed by atoms with E-state index in [1.54, 1.807) is 12.1 Å². The molecule has 1 atom stereocenters. The first-order chi connectivity index (χ1) is 5.68. The highest BCUT2D eigenvalue weighted by Gasteiger charge is 1.96. The van der Waals surface area contributed by atoms with E-state index in [9.17, 15) is 4.39 Å². The van der Waals surface area contributed by atoms with E-state index in [1.165, 1.54) is 12.1 Å². The zero-order valence-corrected chi connectivity index (χ0v) is 7.09. The molecule has 0 aromatic heterocycles. The lowest BCUT2D eigenvalue weighted by atomic mass is 10.2. The zero-order chi connectivity index (χ0) is 8.97. The molecule has 1 aromatic carbocycles. The van der Waals surface area contributed by atoms with Crippen LogP contribution in [0.15, 0.2) is 24.3 Å². The summed E-state index contributed by atoms with van der Waals surface area (Å²) in [5, 5.41) is 0. The molecule has 1 unspecified atom stereocenters. The molecule has 0 amide bonds. The molecule has 1 radical (unpaired) electrons. The van der Waals surface area contributed by atoms with Crippen molar-refractivity contribution < 1.29 is 9.13 Å². The second-order valence-electron chi connectivity index (χ2n) is 2.75. The van der Waals surface area contributed by atoms with E-state index in [0.717, 1.165) is 5.56 Å². The van der Waals surface area contributed by atoms with Crippen molar-refractivity contribution in [1.29, 1.82) is 0 Å². The third-order valence-electron chi connectivity index (χ3n) is 1.45. The van der Waals surface area contributed by atoms with E-state index in [1.807, 2.05) is 6.92 Å². The highest BCUT2D eigenvalue weighted by atomic mass is 19.1. The van der Waals surface area contributed by atoms with Crippen molar-refractivity contribution in [3.63, 3.8) is 0 Å². The first-order valence-corrected chi connectivity index (χ1v) is 3.87. The molecular formula is C10H12FO. The first kappa shape index (κ1) is 9.20. The summed E-state index contributed by atoms with van der Waals surface area (Å²) in [6.07, 6.45) is -0.0324. The van der Waals surface area contributed by atoms with Crippen LogP contribution in [0.3, 0.4) is 0 Å². The lowest BCUT2D eigenvalue weighted by Crippen LogP contribution is -2.02. The highest BCUT2D eigenvalue weighted by molar-refractivity contribution is 5.14. The van der Waals surface area contributed by atoms with Crippen LogP contribution in [0.4, 0.5) is 4.39 Å². The maximum atomic E-state index is 12.4. The van der Waals surface area contributed by atoms with E-state index >= 15 is 0 Å². The Bertz CT molecular complexity index is 228. The Morgan fingerprint density at radius 2 is 2.00 bits per heavy atom. The van der Waals surface area contributed by atoms with Gasteiger partial charge in [0.1, 0.15) is 5.82 Å². The van der Waals surface area contributed by atoms with Gasteiger partial charge in [-0.3, -0.25) is 0 Å². The van der Waals surface area contributed by atoms with Crippen molar-refractivity contribution in [1.82, 2.24) is 0 Å². The summed E-state index contributed by atoms with van der Waals surface area (Å²) in [5.41, 5.74) is 0.965. The molecule has 1 aromatic rings. The Morgan fingerprint density at radius 3 is 2.50 bits per heavy atom. The van der Waals surface area contributed by atoms with Crippen LogP contribution in [0.5, 0.6) is 0 Å². The van der Waals surface area contributed by atoms with Gasteiger partial charge in [-0.2, -0.15) is 0 Å². The van der Waals surface area contributed by atoms with Gasteiger partial charge in [-0.05, 0) is 31.5 Å². The van der Waals surface area contributed by atoms with Gasteiger partial charge in [-0.25, -0.2) is 4.39 Å². The van der Waals surface area contributed by atoms with Gasteiger partial charge in [0, 0.05) is 0 Å². The number of hydrogen-bond acceptors (Lipinski definition) is 1. The van der Waals surface area contributed by atoms with Crippen molar-refractivity contribution >= 4 is 0 Å². The van der Waals surface area contributed by atoms with Gasteiger partial charge < -0.3 is 4.74 Å². The Labute approximate surface area is 72.2 Å². The van der Waals surface area contributed by atoms with Crippen molar-refractivity contribution in [2.75, 3.05) is 0 Å². The van der Waals surface area contributed by atoms with Crippen LogP contribution < -0.4 is 0 Å². The molecule has 0 aliphatic rings. The maximum Gasteiger partial charge on any atom is 0.123 e. The third kappa shape index (κ3) is 3.01. The normalized spacial score (nSPS) is 10.7. The molecule has 0 spiro atoms. The molecule has 0 saturated heterocycles. The van der Waals surface area contributed by atoms with Gasteiger partial charge in [0.2, 0.25) is 0 Å². The number of hydrogen-bond donors (Lipinski definition) is 0. The van der Waals surface area contributed by atoms with Crippen LogP contribution >= 0.6 is 0 Å². The molecular weight excluding hydrogens is 155 g/mol. The predicted molar refractivity (Wildman–Crippen MR) is 46.0 cm³/mol. The molecule has 12 heavy (non-hydrogen) atoms. The predicted octanol–water partition coefficient (Wildman–Crippen LogP) is 2.56. The zero-order valence-electron chi connectivity index (χ0n) is 7.09. The van der Waals surface area contributed by atoms with Crippen LogP contribution in [-0.2, 0) is 11.3 Å². The van der Waals surface area contributed by atoms with Crippen LogP contribution in [-0.4, -0.2) is 6.10 Å². The second-order valence-corrected chi connectivity index (χ2v) is 2.75. The van der Waals surface area contributed by atoms with Gasteiger partial charge in [0.05, 0.1) is 12.7 Å². The standard InChI is InChI=1S/C10H12FO/c1-8(2)12-7-9-3-5-10(11)6-4-9/h3-6,8H,1,7H2,2H3. The van der Waals surface area contributed by atoms with Crippen molar-refractivity contribution in [2.24, 2.45) is 0 Å². The van der Waals surface area contributed by atoms with Gasteiger partial charge in [0.15, 0.2) is 0 Å². The summed E-state index contributed by atoms with van der Waals surface area (Å²) >= 11 is 0. The fraction of sp³-hybridized carbons (Fsp3) is 0.300. The minimum atomic E-state index is -0.221. The molecule has 0 bridgehead atoms. The van der Waals surface area contributed by atoms with Crippen molar-refractivity contribution in [3.8, 4) is 0 Å². The number of halogens is 1. The third-order valence-corrected chi connectivity index (χ3v) is 1.45. The minimum Gasteiger partial charge on any atom is -0.374 e. The quantitative estimate of drug-likeness (QED) is 0.672. The summed E-state index contributed by atoms with van der Waals surface area (Å²) in [7, 11) is 0. The summed E-state index contributed by atoms with van der Waals surface area (Å²) in [5.74, 6) is -0.221. The number of benzene rings is 1. The smallest absolute Gasteiger partial charge is 0.123 e. The van der Waals surface area contributed by atoms with E-state index in [2.05, 4.69) is 6.92 Å². The van der Waals surface area contributed by atoms with Crippen LogP contribution in [0, 0.1) is 12.7 Å². The fourth-order valence-electron chi connectivity index (χ4n) is 0.819. The molecule has 0 aliphatic carbocycles.